The van der Waals surface area contributed by atoms with Crippen LogP contribution in [0.1, 0.15) is 11.1 Å². The minimum atomic E-state index is -3.40. The van der Waals surface area contributed by atoms with Crippen molar-refractivity contribution >= 4 is 15.9 Å². The number of likely N-dealkylation sites (N-methyl/N-ethyl adjacent to an activating group) is 1. The zero-order valence-corrected chi connectivity index (χ0v) is 17.3. The average molecular weight is 420 g/mol. The van der Waals surface area contributed by atoms with Crippen molar-refractivity contribution in [1.29, 1.82) is 0 Å². The molecule has 1 saturated heterocycles. The van der Waals surface area contributed by atoms with Gasteiger partial charge in [0, 0.05) is 32.7 Å². The first kappa shape index (κ1) is 21.4. The van der Waals surface area contributed by atoms with E-state index in [0.717, 1.165) is 11.1 Å². The number of sulfonamides is 1. The maximum Gasteiger partial charge on any atom is 0.236 e. The first-order chi connectivity index (χ1) is 13.8. The van der Waals surface area contributed by atoms with Crippen molar-refractivity contribution in [2.24, 2.45) is 0 Å². The van der Waals surface area contributed by atoms with Crippen LogP contribution in [0.3, 0.4) is 0 Å². The van der Waals surface area contributed by atoms with Gasteiger partial charge in [-0.3, -0.25) is 9.69 Å². The van der Waals surface area contributed by atoms with Crippen molar-refractivity contribution in [2.75, 3.05) is 39.8 Å². The smallest absolute Gasteiger partial charge is 0.236 e. The Kier molecular flexibility index (Phi) is 7.00. The van der Waals surface area contributed by atoms with Crippen LogP contribution in [0.4, 0.5) is 4.39 Å². The van der Waals surface area contributed by atoms with Crippen LogP contribution < -0.4 is 0 Å². The van der Waals surface area contributed by atoms with Crippen LogP contribution in [0.2, 0.25) is 0 Å². The lowest BCUT2D eigenvalue weighted by atomic mass is 10.2. The Hall–Kier alpha value is -2.29. The van der Waals surface area contributed by atoms with E-state index in [9.17, 15) is 17.6 Å². The van der Waals surface area contributed by atoms with Gasteiger partial charge in [0.2, 0.25) is 15.9 Å². The summed E-state index contributed by atoms with van der Waals surface area (Å²) >= 11 is 0. The number of piperazine rings is 1. The molecule has 29 heavy (non-hydrogen) atoms. The van der Waals surface area contributed by atoms with Crippen LogP contribution >= 0.6 is 0 Å². The van der Waals surface area contributed by atoms with E-state index in [-0.39, 0.29) is 24.0 Å². The topological polar surface area (TPSA) is 60.9 Å². The van der Waals surface area contributed by atoms with E-state index in [1.165, 1.54) is 16.4 Å². The minimum absolute atomic E-state index is 0.0296. The van der Waals surface area contributed by atoms with Crippen molar-refractivity contribution in [1.82, 2.24) is 14.1 Å². The highest BCUT2D eigenvalue weighted by Crippen LogP contribution is 2.14. The van der Waals surface area contributed by atoms with Crippen LogP contribution in [0.15, 0.2) is 54.6 Å². The summed E-state index contributed by atoms with van der Waals surface area (Å²) in [7, 11) is -1.60. The molecule has 2 aromatic rings. The van der Waals surface area contributed by atoms with Crippen molar-refractivity contribution < 1.29 is 17.6 Å². The van der Waals surface area contributed by atoms with Crippen molar-refractivity contribution in [3.63, 3.8) is 0 Å². The van der Waals surface area contributed by atoms with Crippen molar-refractivity contribution in [3.05, 3.63) is 71.5 Å². The van der Waals surface area contributed by atoms with Gasteiger partial charge in [0.05, 0.1) is 12.3 Å². The number of nitrogens with zero attached hydrogens (tertiary/aromatic N) is 3. The molecule has 8 heteroatoms. The molecule has 1 fully saturated rings. The van der Waals surface area contributed by atoms with Crippen LogP contribution in [-0.2, 0) is 27.1 Å². The molecule has 1 heterocycles. The first-order valence-corrected chi connectivity index (χ1v) is 11.2. The fourth-order valence-corrected chi connectivity index (χ4v) is 4.94. The predicted molar refractivity (Wildman–Crippen MR) is 110 cm³/mol. The molecule has 2 aromatic carbocycles. The normalized spacial score (nSPS) is 15.6. The summed E-state index contributed by atoms with van der Waals surface area (Å²) < 4.78 is 40.0. The molecule has 0 spiro atoms. The molecule has 6 nitrogen and oxygen atoms in total. The Morgan fingerprint density at radius 1 is 1.00 bits per heavy atom. The van der Waals surface area contributed by atoms with E-state index in [0.29, 0.717) is 32.7 Å². The van der Waals surface area contributed by atoms with Gasteiger partial charge >= 0.3 is 0 Å². The Morgan fingerprint density at radius 2 is 1.66 bits per heavy atom. The minimum Gasteiger partial charge on any atom is -0.339 e. The molecule has 0 bridgehead atoms. The maximum atomic E-state index is 13.3. The Bertz CT molecular complexity index is 929. The van der Waals surface area contributed by atoms with Gasteiger partial charge in [-0.15, -0.1) is 0 Å². The van der Waals surface area contributed by atoms with Gasteiger partial charge in [-0.1, -0.05) is 42.5 Å². The number of hydrogen-bond donors (Lipinski definition) is 0. The molecular weight excluding hydrogens is 393 g/mol. The molecule has 0 atom stereocenters. The maximum absolute atomic E-state index is 13.3. The lowest BCUT2D eigenvalue weighted by Crippen LogP contribution is -2.52. The SMILES string of the molecule is CN(CC(=O)N1CCN(S(=O)(=O)Cc2ccccc2)CC1)Cc1cccc(F)c1. The molecule has 1 amide bonds. The summed E-state index contributed by atoms with van der Waals surface area (Å²) in [6, 6.07) is 15.4. The average Bonchev–Trinajstić information content (AvgIpc) is 2.68. The summed E-state index contributed by atoms with van der Waals surface area (Å²) in [4.78, 5) is 16.1. The largest absolute Gasteiger partial charge is 0.339 e. The monoisotopic (exact) mass is 419 g/mol. The van der Waals surface area contributed by atoms with Crippen LogP contribution in [-0.4, -0.2) is 68.2 Å². The number of carbonyl (C=O) groups is 1. The molecule has 3 rings (SSSR count). The summed E-state index contributed by atoms with van der Waals surface area (Å²) in [5.41, 5.74) is 1.56. The predicted octanol–water partition coefficient (Wildman–Crippen LogP) is 1.93. The molecule has 0 aromatic heterocycles. The molecule has 1 aliphatic rings. The number of halogens is 1. The highest BCUT2D eigenvalue weighted by Gasteiger charge is 2.29. The van der Waals surface area contributed by atoms with Gasteiger partial charge < -0.3 is 4.90 Å². The second kappa shape index (κ2) is 9.47. The number of amides is 1. The van der Waals surface area contributed by atoms with Gasteiger partial charge in [0.25, 0.3) is 0 Å². The third-order valence-corrected chi connectivity index (χ3v) is 6.77. The third-order valence-electron chi connectivity index (χ3n) is 4.92. The van der Waals surface area contributed by atoms with E-state index in [4.69, 9.17) is 0 Å². The van der Waals surface area contributed by atoms with Crippen LogP contribution in [0, 0.1) is 5.82 Å². The number of benzene rings is 2. The van der Waals surface area contributed by atoms with E-state index >= 15 is 0 Å². The van der Waals surface area contributed by atoms with Gasteiger partial charge in [-0.05, 0) is 30.3 Å². The molecular formula is C21H26FN3O3S. The molecule has 156 valence electrons. The highest BCUT2D eigenvalue weighted by atomic mass is 32.2. The van der Waals surface area contributed by atoms with Crippen molar-refractivity contribution in [3.8, 4) is 0 Å². The molecule has 0 unspecified atom stereocenters. The zero-order valence-electron chi connectivity index (χ0n) is 16.5. The Balaban J connectivity index is 1.48. The Morgan fingerprint density at radius 3 is 2.31 bits per heavy atom. The van der Waals surface area contributed by atoms with Gasteiger partial charge in [0.1, 0.15) is 5.82 Å². The molecule has 0 saturated carbocycles. The van der Waals surface area contributed by atoms with Gasteiger partial charge in [-0.25, -0.2) is 12.8 Å². The molecule has 0 N–H and O–H groups in total. The highest BCUT2D eigenvalue weighted by molar-refractivity contribution is 7.88. The number of carbonyl (C=O) groups excluding carboxylic acids is 1. The Labute approximate surface area is 171 Å². The molecule has 0 aliphatic carbocycles. The van der Waals surface area contributed by atoms with E-state index in [1.54, 1.807) is 23.1 Å². The lowest BCUT2D eigenvalue weighted by molar-refractivity contribution is -0.133. The summed E-state index contributed by atoms with van der Waals surface area (Å²) in [6.07, 6.45) is 0. The summed E-state index contributed by atoms with van der Waals surface area (Å²) in [6.45, 7) is 2.02. The summed E-state index contributed by atoms with van der Waals surface area (Å²) in [5, 5.41) is 0. The summed E-state index contributed by atoms with van der Waals surface area (Å²) in [5.74, 6) is -0.378. The first-order valence-electron chi connectivity index (χ1n) is 9.56. The number of hydrogen-bond acceptors (Lipinski definition) is 4. The molecule has 1 aliphatic heterocycles. The zero-order chi connectivity index (χ0) is 20.9. The van der Waals surface area contributed by atoms with E-state index in [1.807, 2.05) is 36.2 Å². The standard InChI is InChI=1S/C21H26FN3O3S/c1-23(15-19-8-5-9-20(22)14-19)16-21(26)24-10-12-25(13-11-24)29(27,28)17-18-6-3-2-4-7-18/h2-9,14H,10-13,15-17H2,1H3. The fraction of sp³-hybridized carbons (Fsp3) is 0.381. The number of rotatable bonds is 7. The van der Waals surface area contributed by atoms with Gasteiger partial charge in [0.15, 0.2) is 0 Å². The fourth-order valence-electron chi connectivity index (χ4n) is 3.43. The van der Waals surface area contributed by atoms with E-state index < -0.39 is 10.0 Å². The third kappa shape index (κ3) is 6.09. The van der Waals surface area contributed by atoms with Gasteiger partial charge in [-0.2, -0.15) is 4.31 Å². The van der Waals surface area contributed by atoms with Crippen LogP contribution in [0.25, 0.3) is 0 Å². The van der Waals surface area contributed by atoms with Crippen molar-refractivity contribution in [2.45, 2.75) is 12.3 Å². The van der Waals surface area contributed by atoms with Crippen LogP contribution in [0.5, 0.6) is 0 Å². The second-order valence-corrected chi connectivity index (χ2v) is 9.29. The van der Waals surface area contributed by atoms with E-state index in [2.05, 4.69) is 0 Å². The second-order valence-electron chi connectivity index (χ2n) is 7.32. The lowest BCUT2D eigenvalue weighted by Gasteiger charge is -2.34. The quantitative estimate of drug-likeness (QED) is 0.688. The molecule has 0 radical (unpaired) electrons.